The van der Waals surface area contributed by atoms with Gasteiger partial charge in [0.1, 0.15) is 0 Å². The molecule has 2 aliphatic rings. The molecule has 3 N–H and O–H groups in total. The zero-order valence-electron chi connectivity index (χ0n) is 19.2. The average molecular weight is 478 g/mol. The van der Waals surface area contributed by atoms with E-state index in [0.29, 0.717) is 19.0 Å². The molecule has 0 aromatic heterocycles. The first-order valence-corrected chi connectivity index (χ1v) is 13.8. The van der Waals surface area contributed by atoms with Gasteiger partial charge in [0.15, 0.2) is 0 Å². The lowest BCUT2D eigenvalue weighted by Crippen LogP contribution is -2.48. The van der Waals surface area contributed by atoms with Crippen molar-refractivity contribution in [2.75, 3.05) is 24.1 Å². The molecule has 0 radical (unpaired) electrons. The van der Waals surface area contributed by atoms with Crippen LogP contribution in [0.15, 0.2) is 47.5 Å². The summed E-state index contributed by atoms with van der Waals surface area (Å²) in [6, 6.07) is 8.08. The summed E-state index contributed by atoms with van der Waals surface area (Å²) in [6.45, 7) is 2.97. The summed E-state index contributed by atoms with van der Waals surface area (Å²) >= 11 is 6.31. The van der Waals surface area contributed by atoms with Gasteiger partial charge in [0, 0.05) is 46.2 Å². The molecule has 0 bridgehead atoms. The van der Waals surface area contributed by atoms with Crippen molar-refractivity contribution in [2.45, 2.75) is 51.5 Å². The Labute approximate surface area is 198 Å². The van der Waals surface area contributed by atoms with E-state index < -0.39 is 9.71 Å². The smallest absolute Gasteiger partial charge is 0.219 e. The summed E-state index contributed by atoms with van der Waals surface area (Å²) in [5, 5.41) is 0.896. The van der Waals surface area contributed by atoms with Crippen LogP contribution < -0.4 is 10.5 Å². The molecule has 0 spiro atoms. The molecule has 2 aliphatic carbocycles. The van der Waals surface area contributed by atoms with Crippen LogP contribution in [0.5, 0.6) is 0 Å². The van der Waals surface area contributed by atoms with Gasteiger partial charge in [0.2, 0.25) is 5.91 Å². The molecule has 1 aromatic rings. The van der Waals surface area contributed by atoms with E-state index >= 15 is 0 Å². The van der Waals surface area contributed by atoms with Crippen molar-refractivity contribution in [1.82, 2.24) is 4.90 Å². The number of carbonyl (C=O) groups excluding carboxylic acids is 1. The van der Waals surface area contributed by atoms with E-state index in [-0.39, 0.29) is 17.4 Å². The van der Waals surface area contributed by atoms with Crippen LogP contribution in [0, 0.1) is 11.3 Å². The summed E-state index contributed by atoms with van der Waals surface area (Å²) in [7, 11) is -2.32. The first kappa shape index (κ1) is 24.9. The highest BCUT2D eigenvalue weighted by Crippen LogP contribution is 2.47. The van der Waals surface area contributed by atoms with Crippen LogP contribution in [0.1, 0.15) is 44.6 Å². The summed E-state index contributed by atoms with van der Waals surface area (Å²) in [5.74, 6) is 4.13. The minimum absolute atomic E-state index is 0.0609. The number of amides is 1. The quantitative estimate of drug-likeness (QED) is 0.547. The van der Waals surface area contributed by atoms with Crippen LogP contribution in [0.3, 0.4) is 0 Å². The lowest BCUT2D eigenvalue weighted by atomic mass is 9.63. The summed E-state index contributed by atoms with van der Waals surface area (Å²) in [6.07, 6.45) is 13.4. The molecule has 1 saturated carbocycles. The molecule has 2 atom stereocenters. The second kappa shape index (κ2) is 10.4. The largest absolute Gasteiger partial charge is 0.340 e. The maximum Gasteiger partial charge on any atom is 0.219 e. The summed E-state index contributed by atoms with van der Waals surface area (Å²) in [4.78, 5) is 14.5. The van der Waals surface area contributed by atoms with Crippen LogP contribution in [0.2, 0.25) is 0 Å². The third-order valence-electron chi connectivity index (χ3n) is 6.93. The summed E-state index contributed by atoms with van der Waals surface area (Å²) in [5.41, 5.74) is 8.23. The van der Waals surface area contributed by atoms with Crippen molar-refractivity contribution >= 4 is 38.8 Å². The first-order chi connectivity index (χ1) is 15.1. The molecule has 176 valence electrons. The highest BCUT2D eigenvalue weighted by atomic mass is 35.5. The third-order valence-corrected chi connectivity index (χ3v) is 7.87. The van der Waals surface area contributed by atoms with E-state index in [1.54, 1.807) is 13.2 Å². The number of rotatable bonds is 8. The Morgan fingerprint density at radius 2 is 2.09 bits per heavy atom. The van der Waals surface area contributed by atoms with Crippen LogP contribution in [0.4, 0.5) is 5.69 Å². The van der Waals surface area contributed by atoms with E-state index in [9.17, 15) is 9.00 Å². The standard InChI is InChI=1S/C25H36ClN3O2S/c1-19(30)29(15-12-20-6-4-9-23(16-20)28-32(2,3)31)24-10-13-25(18-27,14-11-24)21-7-5-8-22(26)17-21/h4-9,16,21,24H,2,10-15,17-18,27H2,1,3H3,(H,28,31)/t21?,24-,25-,32?. The fourth-order valence-electron chi connectivity index (χ4n) is 5.16. The molecule has 0 heterocycles. The number of allylic oxidation sites excluding steroid dienone is 4. The normalized spacial score (nSPS) is 27.3. The van der Waals surface area contributed by atoms with Crippen molar-refractivity contribution in [3.63, 3.8) is 0 Å². The van der Waals surface area contributed by atoms with Crippen molar-refractivity contribution in [3.05, 3.63) is 53.1 Å². The maximum absolute atomic E-state index is 12.5. The van der Waals surface area contributed by atoms with E-state index in [2.05, 4.69) is 22.7 Å². The number of nitrogens with two attached hydrogens (primary N) is 1. The second-order valence-corrected chi connectivity index (χ2v) is 12.1. The number of halogens is 1. The lowest BCUT2D eigenvalue weighted by molar-refractivity contribution is -0.132. The predicted octanol–water partition coefficient (Wildman–Crippen LogP) is 4.34. The van der Waals surface area contributed by atoms with Gasteiger partial charge in [-0.2, -0.15) is 0 Å². The van der Waals surface area contributed by atoms with Crippen molar-refractivity contribution < 1.29 is 9.00 Å². The van der Waals surface area contributed by atoms with Crippen LogP contribution in [0.25, 0.3) is 0 Å². The van der Waals surface area contributed by atoms with Crippen molar-refractivity contribution in [3.8, 4) is 0 Å². The molecule has 5 nitrogen and oxygen atoms in total. The van der Waals surface area contributed by atoms with Gasteiger partial charge in [-0.05, 0) is 86.0 Å². The van der Waals surface area contributed by atoms with E-state index in [1.807, 2.05) is 35.2 Å². The second-order valence-electron chi connectivity index (χ2n) is 9.38. The zero-order chi connectivity index (χ0) is 23.4. The van der Waals surface area contributed by atoms with Crippen LogP contribution in [-0.4, -0.2) is 46.3 Å². The average Bonchev–Trinajstić information content (AvgIpc) is 2.73. The maximum atomic E-state index is 12.5. The Balaban J connectivity index is 1.63. The highest BCUT2D eigenvalue weighted by Gasteiger charge is 2.41. The number of benzene rings is 1. The molecular weight excluding hydrogens is 442 g/mol. The first-order valence-electron chi connectivity index (χ1n) is 11.3. The molecule has 7 heteroatoms. The Bertz CT molecular complexity index is 979. The molecule has 1 fully saturated rings. The van der Waals surface area contributed by atoms with Gasteiger partial charge in [0.25, 0.3) is 0 Å². The van der Waals surface area contributed by atoms with E-state index in [0.717, 1.165) is 54.8 Å². The Morgan fingerprint density at radius 3 is 2.69 bits per heavy atom. The third kappa shape index (κ3) is 6.40. The monoisotopic (exact) mass is 477 g/mol. The Hall–Kier alpha value is -1.76. The van der Waals surface area contributed by atoms with Crippen molar-refractivity contribution in [2.24, 2.45) is 17.1 Å². The molecule has 1 amide bonds. The Morgan fingerprint density at radius 1 is 1.38 bits per heavy atom. The zero-order valence-corrected chi connectivity index (χ0v) is 20.8. The number of anilines is 1. The molecular formula is C25H36ClN3O2S. The fourth-order valence-corrected chi connectivity index (χ4v) is 6.03. The highest BCUT2D eigenvalue weighted by molar-refractivity contribution is 8.00. The molecule has 0 aliphatic heterocycles. The fraction of sp³-hybridized carbons (Fsp3) is 0.520. The topological polar surface area (TPSA) is 75.4 Å². The number of nitrogens with zero attached hydrogens (tertiary/aromatic N) is 1. The summed E-state index contributed by atoms with van der Waals surface area (Å²) < 4.78 is 14.9. The van der Waals surface area contributed by atoms with Crippen LogP contribution >= 0.6 is 11.6 Å². The van der Waals surface area contributed by atoms with E-state index in [4.69, 9.17) is 17.3 Å². The van der Waals surface area contributed by atoms with Crippen molar-refractivity contribution in [1.29, 1.82) is 0 Å². The molecule has 3 rings (SSSR count). The predicted molar refractivity (Wildman–Crippen MR) is 137 cm³/mol. The van der Waals surface area contributed by atoms with Crippen LogP contribution in [-0.2, 0) is 20.9 Å². The van der Waals surface area contributed by atoms with Gasteiger partial charge in [-0.3, -0.25) is 4.79 Å². The molecule has 0 saturated heterocycles. The lowest BCUT2D eigenvalue weighted by Gasteiger charge is -2.47. The minimum atomic E-state index is -2.32. The Kier molecular flexibility index (Phi) is 8.12. The van der Waals surface area contributed by atoms with Gasteiger partial charge >= 0.3 is 0 Å². The van der Waals surface area contributed by atoms with Gasteiger partial charge in [-0.25, -0.2) is 4.21 Å². The van der Waals surface area contributed by atoms with Gasteiger partial charge in [0.05, 0.1) is 0 Å². The molecule has 2 unspecified atom stereocenters. The molecule has 32 heavy (non-hydrogen) atoms. The molecule has 1 aromatic carbocycles. The van der Waals surface area contributed by atoms with Gasteiger partial charge in [-0.1, -0.05) is 35.9 Å². The number of hydrogen-bond acceptors (Lipinski definition) is 3. The van der Waals surface area contributed by atoms with Gasteiger partial charge < -0.3 is 15.4 Å². The number of hydrogen-bond donors (Lipinski definition) is 2. The number of carbonyl (C=O) groups is 1. The SMILES string of the molecule is C=S(C)(=O)Nc1cccc(CCN(C(C)=O)[C@H]2CC[C@](CN)(C3C=CC=C(Cl)C3)CC2)c1. The van der Waals surface area contributed by atoms with Gasteiger partial charge in [-0.15, -0.1) is 0 Å². The number of nitrogens with one attached hydrogen (secondary N) is 1. The van der Waals surface area contributed by atoms with E-state index in [1.165, 1.54) is 0 Å². The minimum Gasteiger partial charge on any atom is -0.340 e.